The summed E-state index contributed by atoms with van der Waals surface area (Å²) in [5.41, 5.74) is 2.60. The highest BCUT2D eigenvalue weighted by Gasteiger charge is 2.15. The van der Waals surface area contributed by atoms with Crippen LogP contribution in [0.5, 0.6) is 5.75 Å². The van der Waals surface area contributed by atoms with Crippen molar-refractivity contribution in [1.29, 1.82) is 0 Å². The fourth-order valence-corrected chi connectivity index (χ4v) is 2.91. The highest BCUT2D eigenvalue weighted by molar-refractivity contribution is 9.09. The first-order chi connectivity index (χ1) is 7.10. The third kappa shape index (κ3) is 2.97. The van der Waals surface area contributed by atoms with Crippen LogP contribution in [-0.4, -0.2) is 12.4 Å². The lowest BCUT2D eigenvalue weighted by Gasteiger charge is -2.19. The monoisotopic (exact) mass is 270 g/mol. The molecule has 0 spiro atoms. The van der Waals surface area contributed by atoms with Crippen molar-refractivity contribution in [3.8, 4) is 5.75 Å². The molecule has 84 valence electrons. The molecule has 2 heteroatoms. The Morgan fingerprint density at radius 2 is 2.00 bits per heavy atom. The third-order valence-electron chi connectivity index (χ3n) is 2.82. The Labute approximate surface area is 101 Å². The predicted molar refractivity (Wildman–Crippen MR) is 69.1 cm³/mol. The van der Waals surface area contributed by atoms with Gasteiger partial charge in [-0.1, -0.05) is 41.9 Å². The second-order valence-electron chi connectivity index (χ2n) is 4.23. The summed E-state index contributed by atoms with van der Waals surface area (Å²) in [4.78, 5) is 0. The van der Waals surface area contributed by atoms with Crippen molar-refractivity contribution in [1.82, 2.24) is 0 Å². The smallest absolute Gasteiger partial charge is 0.121 e. The molecule has 0 aromatic heterocycles. The number of aryl methyl sites for hydroxylation is 1. The van der Waals surface area contributed by atoms with Crippen LogP contribution in [0.4, 0.5) is 0 Å². The average Bonchev–Trinajstić information content (AvgIpc) is 2.18. The maximum Gasteiger partial charge on any atom is 0.121 e. The first-order valence-electron chi connectivity index (χ1n) is 5.30. The van der Waals surface area contributed by atoms with Gasteiger partial charge in [-0.2, -0.15) is 0 Å². The Bertz CT molecular complexity index is 320. The minimum atomic E-state index is 0.578. The first-order valence-corrected chi connectivity index (χ1v) is 6.42. The maximum absolute atomic E-state index is 5.26. The summed E-state index contributed by atoms with van der Waals surface area (Å²) in [5.74, 6) is 2.20. The van der Waals surface area contributed by atoms with Crippen molar-refractivity contribution in [2.45, 2.75) is 26.7 Å². The molecular formula is C13H19BrO. The van der Waals surface area contributed by atoms with Gasteiger partial charge < -0.3 is 4.74 Å². The molecule has 0 heterocycles. The lowest BCUT2D eigenvalue weighted by atomic mass is 9.89. The van der Waals surface area contributed by atoms with E-state index in [4.69, 9.17) is 4.74 Å². The number of halogens is 1. The molecule has 0 N–H and O–H groups in total. The Balaban J connectivity index is 3.00. The van der Waals surface area contributed by atoms with Crippen LogP contribution in [-0.2, 0) is 0 Å². The summed E-state index contributed by atoms with van der Waals surface area (Å²) in [6, 6.07) is 6.45. The molecule has 1 unspecified atom stereocenters. The Morgan fingerprint density at radius 1 is 1.33 bits per heavy atom. The van der Waals surface area contributed by atoms with Gasteiger partial charge in [0.2, 0.25) is 0 Å². The van der Waals surface area contributed by atoms with Gasteiger partial charge in [0.25, 0.3) is 0 Å². The van der Waals surface area contributed by atoms with Gasteiger partial charge in [-0.15, -0.1) is 0 Å². The van der Waals surface area contributed by atoms with Crippen LogP contribution in [0.3, 0.4) is 0 Å². The van der Waals surface area contributed by atoms with Gasteiger partial charge in [-0.25, -0.2) is 0 Å². The summed E-state index contributed by atoms with van der Waals surface area (Å²) in [5, 5.41) is 1.01. The number of benzene rings is 1. The van der Waals surface area contributed by atoms with E-state index < -0.39 is 0 Å². The van der Waals surface area contributed by atoms with Gasteiger partial charge in [-0.05, 0) is 36.0 Å². The highest BCUT2D eigenvalue weighted by atomic mass is 79.9. The van der Waals surface area contributed by atoms with E-state index in [2.05, 4.69) is 54.9 Å². The lowest BCUT2D eigenvalue weighted by molar-refractivity contribution is 0.411. The van der Waals surface area contributed by atoms with E-state index in [9.17, 15) is 0 Å². The van der Waals surface area contributed by atoms with Crippen LogP contribution in [0.2, 0.25) is 0 Å². The molecule has 1 aromatic rings. The topological polar surface area (TPSA) is 9.23 Å². The summed E-state index contributed by atoms with van der Waals surface area (Å²) in [6.45, 7) is 6.60. The van der Waals surface area contributed by atoms with Crippen LogP contribution < -0.4 is 4.74 Å². The van der Waals surface area contributed by atoms with Gasteiger partial charge in [0.05, 0.1) is 7.11 Å². The van der Waals surface area contributed by atoms with Crippen LogP contribution in [0.25, 0.3) is 0 Å². The number of rotatable bonds is 4. The fourth-order valence-electron chi connectivity index (χ4n) is 1.78. The normalized spacial score (nSPS) is 12.9. The minimum Gasteiger partial charge on any atom is -0.496 e. The predicted octanol–water partition coefficient (Wildman–Crippen LogP) is 4.14. The van der Waals surface area contributed by atoms with E-state index in [-0.39, 0.29) is 0 Å². The average molecular weight is 271 g/mol. The van der Waals surface area contributed by atoms with E-state index in [1.807, 2.05) is 0 Å². The lowest BCUT2D eigenvalue weighted by Crippen LogP contribution is -2.08. The van der Waals surface area contributed by atoms with E-state index in [1.165, 1.54) is 11.1 Å². The maximum atomic E-state index is 5.26. The molecule has 0 fully saturated rings. The molecule has 1 aromatic carbocycles. The summed E-state index contributed by atoms with van der Waals surface area (Å²) < 4.78 is 5.26. The van der Waals surface area contributed by atoms with Crippen molar-refractivity contribution >= 4 is 15.9 Å². The van der Waals surface area contributed by atoms with Gasteiger partial charge >= 0.3 is 0 Å². The van der Waals surface area contributed by atoms with E-state index in [1.54, 1.807) is 7.11 Å². The number of methoxy groups -OCH3 is 1. The molecular weight excluding hydrogens is 252 g/mol. The van der Waals surface area contributed by atoms with E-state index in [0.717, 1.165) is 11.1 Å². The van der Waals surface area contributed by atoms with Crippen LogP contribution in [0.15, 0.2) is 18.2 Å². The molecule has 0 amide bonds. The molecule has 0 aliphatic heterocycles. The summed E-state index contributed by atoms with van der Waals surface area (Å²) >= 11 is 3.58. The van der Waals surface area contributed by atoms with Crippen molar-refractivity contribution in [3.63, 3.8) is 0 Å². The summed E-state index contributed by atoms with van der Waals surface area (Å²) in [6.07, 6.45) is 0. The molecule has 1 nitrogen and oxygen atoms in total. The molecule has 15 heavy (non-hydrogen) atoms. The summed E-state index contributed by atoms with van der Waals surface area (Å²) in [7, 11) is 1.71. The van der Waals surface area contributed by atoms with E-state index in [0.29, 0.717) is 11.8 Å². The minimum absolute atomic E-state index is 0.578. The molecule has 0 saturated heterocycles. The van der Waals surface area contributed by atoms with E-state index >= 15 is 0 Å². The highest BCUT2D eigenvalue weighted by Crippen LogP contribution is 2.29. The zero-order valence-electron chi connectivity index (χ0n) is 9.88. The Morgan fingerprint density at radius 3 is 2.40 bits per heavy atom. The van der Waals surface area contributed by atoms with Gasteiger partial charge in [-0.3, -0.25) is 0 Å². The Hall–Kier alpha value is -0.500. The Kier molecular flexibility index (Phi) is 4.65. The quantitative estimate of drug-likeness (QED) is 0.748. The van der Waals surface area contributed by atoms with Gasteiger partial charge in [0, 0.05) is 5.33 Å². The zero-order chi connectivity index (χ0) is 11.4. The second kappa shape index (κ2) is 5.55. The molecule has 1 atom stereocenters. The van der Waals surface area contributed by atoms with Gasteiger partial charge in [0.15, 0.2) is 0 Å². The van der Waals surface area contributed by atoms with Crippen molar-refractivity contribution < 1.29 is 4.74 Å². The molecule has 0 radical (unpaired) electrons. The van der Waals surface area contributed by atoms with Crippen LogP contribution in [0, 0.1) is 12.8 Å². The number of alkyl halides is 1. The second-order valence-corrected chi connectivity index (χ2v) is 4.88. The largest absolute Gasteiger partial charge is 0.496 e. The standard InChI is InChI=1S/C13H19BrO/c1-9(2)12(8-14)11-5-6-13(15-4)10(3)7-11/h5-7,9,12H,8H2,1-4H3. The number of hydrogen-bond donors (Lipinski definition) is 0. The van der Waals surface area contributed by atoms with Crippen LogP contribution >= 0.6 is 15.9 Å². The molecule has 0 saturated carbocycles. The van der Waals surface area contributed by atoms with Crippen molar-refractivity contribution in [2.75, 3.05) is 12.4 Å². The van der Waals surface area contributed by atoms with Crippen molar-refractivity contribution in [3.05, 3.63) is 29.3 Å². The molecule has 0 bridgehead atoms. The fraction of sp³-hybridized carbons (Fsp3) is 0.538. The SMILES string of the molecule is COc1ccc(C(CBr)C(C)C)cc1C. The number of ether oxygens (including phenoxy) is 1. The molecule has 0 aliphatic carbocycles. The third-order valence-corrected chi connectivity index (χ3v) is 3.52. The van der Waals surface area contributed by atoms with Crippen LogP contribution in [0.1, 0.15) is 30.9 Å². The zero-order valence-corrected chi connectivity index (χ0v) is 11.5. The first kappa shape index (κ1) is 12.6. The van der Waals surface area contributed by atoms with Crippen molar-refractivity contribution in [2.24, 2.45) is 5.92 Å². The number of hydrogen-bond acceptors (Lipinski definition) is 1. The molecule has 0 aliphatic rings. The molecule has 1 rings (SSSR count). The van der Waals surface area contributed by atoms with Gasteiger partial charge in [0.1, 0.15) is 5.75 Å².